The van der Waals surface area contributed by atoms with E-state index < -0.39 is 5.92 Å². The lowest BCUT2D eigenvalue weighted by atomic mass is 9.99. The van der Waals surface area contributed by atoms with Crippen molar-refractivity contribution in [3.63, 3.8) is 0 Å². The van der Waals surface area contributed by atoms with Crippen LogP contribution < -0.4 is 5.32 Å². The summed E-state index contributed by atoms with van der Waals surface area (Å²) in [6.45, 7) is 6.69. The lowest BCUT2D eigenvalue weighted by Gasteiger charge is -2.12. The number of amides is 1. The number of rotatable bonds is 5. The molecule has 3 nitrogen and oxygen atoms in total. The molecule has 0 aromatic heterocycles. The highest BCUT2D eigenvalue weighted by Crippen LogP contribution is 2.10. The summed E-state index contributed by atoms with van der Waals surface area (Å²) in [4.78, 5) is 11.8. The number of aryl methyl sites for hydroxylation is 1. The quantitative estimate of drug-likeness (QED) is 0.865. The molecule has 0 saturated heterocycles. The van der Waals surface area contributed by atoms with E-state index in [0.717, 1.165) is 5.56 Å². The smallest absolute Gasteiger partial charge is 0.237 e. The van der Waals surface area contributed by atoms with E-state index in [1.807, 2.05) is 45.0 Å². The molecule has 1 rings (SSSR count). The second-order valence-corrected chi connectivity index (χ2v) is 5.01. The normalized spacial score (nSPS) is 11.9. The van der Waals surface area contributed by atoms with Crippen molar-refractivity contribution in [2.75, 3.05) is 6.54 Å². The Labute approximate surface area is 109 Å². The highest BCUT2D eigenvalue weighted by atomic mass is 16.1. The van der Waals surface area contributed by atoms with Gasteiger partial charge in [-0.05, 0) is 24.8 Å². The number of hydrogen-bond acceptors (Lipinski definition) is 2. The SMILES string of the molecule is Cc1ccc(CC(C#N)C(=O)NCC(C)C)cc1. The van der Waals surface area contributed by atoms with Gasteiger partial charge in [0.05, 0.1) is 6.07 Å². The summed E-state index contributed by atoms with van der Waals surface area (Å²) < 4.78 is 0. The maximum absolute atomic E-state index is 11.8. The Morgan fingerprint density at radius 3 is 2.44 bits per heavy atom. The van der Waals surface area contributed by atoms with E-state index in [1.54, 1.807) is 0 Å². The Hall–Kier alpha value is -1.82. The highest BCUT2D eigenvalue weighted by molar-refractivity contribution is 5.81. The number of nitriles is 1. The minimum Gasteiger partial charge on any atom is -0.355 e. The van der Waals surface area contributed by atoms with Gasteiger partial charge in [0.1, 0.15) is 5.92 Å². The predicted molar refractivity (Wildman–Crippen MR) is 71.8 cm³/mol. The van der Waals surface area contributed by atoms with E-state index >= 15 is 0 Å². The zero-order valence-corrected chi connectivity index (χ0v) is 11.2. The Bertz CT molecular complexity index is 429. The summed E-state index contributed by atoms with van der Waals surface area (Å²) in [7, 11) is 0. The molecule has 0 radical (unpaired) electrons. The fourth-order valence-corrected chi connectivity index (χ4v) is 1.58. The van der Waals surface area contributed by atoms with Crippen LogP contribution in [-0.2, 0) is 11.2 Å². The summed E-state index contributed by atoms with van der Waals surface area (Å²) in [5.74, 6) is -0.383. The highest BCUT2D eigenvalue weighted by Gasteiger charge is 2.18. The van der Waals surface area contributed by atoms with Crippen LogP contribution in [0.25, 0.3) is 0 Å². The van der Waals surface area contributed by atoms with Gasteiger partial charge in [0.15, 0.2) is 0 Å². The molecule has 0 fully saturated rings. The summed E-state index contributed by atoms with van der Waals surface area (Å²) in [6.07, 6.45) is 0.473. The zero-order valence-electron chi connectivity index (χ0n) is 11.2. The van der Waals surface area contributed by atoms with Gasteiger partial charge in [0.25, 0.3) is 0 Å². The van der Waals surface area contributed by atoms with Gasteiger partial charge in [-0.3, -0.25) is 4.79 Å². The second kappa shape index (κ2) is 6.80. The average molecular weight is 244 g/mol. The first-order chi connectivity index (χ1) is 8.52. The van der Waals surface area contributed by atoms with Gasteiger partial charge in [-0.2, -0.15) is 5.26 Å². The van der Waals surface area contributed by atoms with Crippen LogP contribution in [0.3, 0.4) is 0 Å². The maximum atomic E-state index is 11.8. The third-order valence-corrected chi connectivity index (χ3v) is 2.72. The van der Waals surface area contributed by atoms with Gasteiger partial charge in [-0.1, -0.05) is 43.7 Å². The molecule has 1 unspecified atom stereocenters. The molecule has 0 heterocycles. The molecule has 0 aliphatic rings. The molecular weight excluding hydrogens is 224 g/mol. The lowest BCUT2D eigenvalue weighted by Crippen LogP contribution is -2.33. The predicted octanol–water partition coefficient (Wildman–Crippen LogP) is 2.45. The molecule has 1 atom stereocenters. The van der Waals surface area contributed by atoms with Gasteiger partial charge < -0.3 is 5.32 Å². The molecular formula is C15H20N2O. The van der Waals surface area contributed by atoms with Crippen LogP contribution in [0.15, 0.2) is 24.3 Å². The molecule has 18 heavy (non-hydrogen) atoms. The summed E-state index contributed by atoms with van der Waals surface area (Å²) >= 11 is 0. The van der Waals surface area contributed by atoms with E-state index in [-0.39, 0.29) is 5.91 Å². The molecule has 1 aromatic carbocycles. The number of carbonyl (C=O) groups is 1. The number of benzene rings is 1. The van der Waals surface area contributed by atoms with Crippen molar-refractivity contribution in [1.82, 2.24) is 5.32 Å². The van der Waals surface area contributed by atoms with E-state index in [9.17, 15) is 4.79 Å². The molecule has 0 spiro atoms. The average Bonchev–Trinajstić information content (AvgIpc) is 2.35. The molecule has 0 bridgehead atoms. The van der Waals surface area contributed by atoms with Crippen molar-refractivity contribution in [1.29, 1.82) is 5.26 Å². The van der Waals surface area contributed by atoms with E-state index in [0.29, 0.717) is 18.9 Å². The largest absolute Gasteiger partial charge is 0.355 e. The van der Waals surface area contributed by atoms with E-state index in [4.69, 9.17) is 5.26 Å². The molecule has 96 valence electrons. The van der Waals surface area contributed by atoms with Crippen LogP contribution in [-0.4, -0.2) is 12.5 Å². The van der Waals surface area contributed by atoms with E-state index in [2.05, 4.69) is 11.4 Å². The molecule has 3 heteroatoms. The summed E-state index contributed by atoms with van der Waals surface area (Å²) in [5.41, 5.74) is 2.20. The van der Waals surface area contributed by atoms with Gasteiger partial charge in [0, 0.05) is 6.54 Å². The van der Waals surface area contributed by atoms with Crippen LogP contribution in [0.1, 0.15) is 25.0 Å². The first-order valence-electron chi connectivity index (χ1n) is 6.25. The van der Waals surface area contributed by atoms with Crippen LogP contribution in [0.2, 0.25) is 0 Å². The molecule has 1 N–H and O–H groups in total. The number of hydrogen-bond donors (Lipinski definition) is 1. The minimum atomic E-state index is -0.605. The van der Waals surface area contributed by atoms with Gasteiger partial charge in [-0.25, -0.2) is 0 Å². The lowest BCUT2D eigenvalue weighted by molar-refractivity contribution is -0.123. The first kappa shape index (κ1) is 14.2. The first-order valence-corrected chi connectivity index (χ1v) is 6.25. The van der Waals surface area contributed by atoms with Gasteiger partial charge in [-0.15, -0.1) is 0 Å². The van der Waals surface area contributed by atoms with Crippen molar-refractivity contribution in [2.24, 2.45) is 11.8 Å². The Balaban J connectivity index is 2.59. The molecule has 0 aliphatic carbocycles. The summed E-state index contributed by atoms with van der Waals surface area (Å²) in [6, 6.07) is 10.0. The fraction of sp³-hybridized carbons (Fsp3) is 0.467. The van der Waals surface area contributed by atoms with Crippen molar-refractivity contribution >= 4 is 5.91 Å². The third kappa shape index (κ3) is 4.58. The number of nitrogens with one attached hydrogen (secondary N) is 1. The fourth-order valence-electron chi connectivity index (χ4n) is 1.58. The third-order valence-electron chi connectivity index (χ3n) is 2.72. The standard InChI is InChI=1S/C15H20N2O/c1-11(2)10-17-15(18)14(9-16)8-13-6-4-12(3)5-7-13/h4-7,11,14H,8,10H2,1-3H3,(H,17,18). The molecule has 1 amide bonds. The van der Waals surface area contributed by atoms with Crippen molar-refractivity contribution < 1.29 is 4.79 Å². The maximum Gasteiger partial charge on any atom is 0.237 e. The Morgan fingerprint density at radius 1 is 1.33 bits per heavy atom. The van der Waals surface area contributed by atoms with Crippen LogP contribution >= 0.6 is 0 Å². The van der Waals surface area contributed by atoms with E-state index in [1.165, 1.54) is 5.56 Å². The molecule has 1 aromatic rings. The molecule has 0 saturated carbocycles. The monoisotopic (exact) mass is 244 g/mol. The van der Waals surface area contributed by atoms with Crippen molar-refractivity contribution in [3.8, 4) is 6.07 Å². The topological polar surface area (TPSA) is 52.9 Å². The Morgan fingerprint density at radius 2 is 1.94 bits per heavy atom. The van der Waals surface area contributed by atoms with Gasteiger partial charge in [0.2, 0.25) is 5.91 Å². The number of carbonyl (C=O) groups excluding carboxylic acids is 1. The minimum absolute atomic E-state index is 0.174. The molecule has 0 aliphatic heterocycles. The summed E-state index contributed by atoms with van der Waals surface area (Å²) in [5, 5.41) is 11.9. The number of nitrogens with zero attached hydrogens (tertiary/aromatic N) is 1. The van der Waals surface area contributed by atoms with Gasteiger partial charge >= 0.3 is 0 Å². The van der Waals surface area contributed by atoms with Crippen LogP contribution in [0.5, 0.6) is 0 Å². The van der Waals surface area contributed by atoms with Crippen molar-refractivity contribution in [3.05, 3.63) is 35.4 Å². The Kier molecular flexibility index (Phi) is 5.38. The zero-order chi connectivity index (χ0) is 13.5. The second-order valence-electron chi connectivity index (χ2n) is 5.01. The van der Waals surface area contributed by atoms with Crippen molar-refractivity contribution in [2.45, 2.75) is 27.2 Å². The van der Waals surface area contributed by atoms with Crippen LogP contribution in [0, 0.1) is 30.1 Å². The van der Waals surface area contributed by atoms with Crippen LogP contribution in [0.4, 0.5) is 0 Å².